The first kappa shape index (κ1) is 7.59. The fourth-order valence-corrected chi connectivity index (χ4v) is 1.38. The van der Waals surface area contributed by atoms with Gasteiger partial charge in [0, 0.05) is 12.2 Å². The molecule has 0 spiro atoms. The van der Waals surface area contributed by atoms with E-state index in [9.17, 15) is 0 Å². The molecule has 2 rings (SSSR count). The monoisotopic (exact) mass is 162 g/mol. The second-order valence-corrected chi connectivity index (χ2v) is 3.49. The van der Waals surface area contributed by atoms with Crippen LogP contribution in [0.2, 0.25) is 0 Å². The number of nitrogens with one attached hydrogen (secondary N) is 1. The quantitative estimate of drug-likeness (QED) is 0.722. The van der Waals surface area contributed by atoms with Crippen molar-refractivity contribution < 1.29 is 0 Å². The molecule has 1 heterocycles. The van der Waals surface area contributed by atoms with E-state index in [0.29, 0.717) is 6.04 Å². The van der Waals surface area contributed by atoms with Gasteiger partial charge in [-0.1, -0.05) is 0 Å². The Morgan fingerprint density at radius 2 is 2.33 bits per heavy atom. The van der Waals surface area contributed by atoms with Crippen molar-refractivity contribution in [2.45, 2.75) is 32.2 Å². The lowest BCUT2D eigenvalue weighted by atomic mass is 9.93. The summed E-state index contributed by atoms with van der Waals surface area (Å²) in [5, 5.41) is 3.41. The lowest BCUT2D eigenvalue weighted by Gasteiger charge is -2.26. The van der Waals surface area contributed by atoms with Crippen LogP contribution in [0, 0.1) is 6.92 Å². The van der Waals surface area contributed by atoms with Gasteiger partial charge < -0.3 is 5.32 Å². The first-order valence-corrected chi connectivity index (χ1v) is 4.54. The minimum absolute atomic E-state index is 0.680. The van der Waals surface area contributed by atoms with Crippen LogP contribution in [-0.2, 0) is 0 Å². The normalized spacial score (nSPS) is 17.1. The predicted molar refractivity (Wildman–Crippen MR) is 50.2 cm³/mol. The van der Waals surface area contributed by atoms with Crippen LogP contribution >= 0.6 is 0 Å². The summed E-state index contributed by atoms with van der Waals surface area (Å²) in [5.41, 5.74) is 1.27. The number of hydrogen-bond acceptors (Lipinski definition) is 2. The lowest BCUT2D eigenvalue weighted by molar-refractivity contribution is 0.444. The topological polar surface area (TPSA) is 24.9 Å². The Labute approximate surface area is 73.0 Å². The molecule has 1 aromatic rings. The van der Waals surface area contributed by atoms with Gasteiger partial charge in [-0.05, 0) is 43.9 Å². The van der Waals surface area contributed by atoms with Gasteiger partial charge in [0.05, 0.1) is 0 Å². The van der Waals surface area contributed by atoms with Crippen LogP contribution < -0.4 is 5.32 Å². The molecule has 1 N–H and O–H groups in total. The summed E-state index contributed by atoms with van der Waals surface area (Å²) in [6, 6.07) is 4.80. The molecule has 0 amide bonds. The zero-order valence-corrected chi connectivity index (χ0v) is 7.38. The van der Waals surface area contributed by atoms with Crippen LogP contribution in [0.5, 0.6) is 0 Å². The molecule has 1 aliphatic rings. The van der Waals surface area contributed by atoms with Crippen LogP contribution in [0.25, 0.3) is 0 Å². The Morgan fingerprint density at radius 3 is 2.92 bits per heavy atom. The van der Waals surface area contributed by atoms with Gasteiger partial charge in [0.15, 0.2) is 0 Å². The summed E-state index contributed by atoms with van der Waals surface area (Å²) in [7, 11) is 0. The molecule has 1 aliphatic carbocycles. The molecule has 1 aromatic heterocycles. The maximum Gasteiger partial charge on any atom is 0.126 e. The number of aromatic nitrogens is 1. The number of anilines is 1. The Bertz CT molecular complexity index is 266. The van der Waals surface area contributed by atoms with Crippen molar-refractivity contribution in [1.82, 2.24) is 4.98 Å². The summed E-state index contributed by atoms with van der Waals surface area (Å²) in [6.45, 7) is 2.09. The molecule has 0 radical (unpaired) electrons. The van der Waals surface area contributed by atoms with Crippen LogP contribution in [-0.4, -0.2) is 11.0 Å². The van der Waals surface area contributed by atoms with Gasteiger partial charge in [0.25, 0.3) is 0 Å². The minimum Gasteiger partial charge on any atom is -0.367 e. The van der Waals surface area contributed by atoms with E-state index in [1.165, 1.54) is 24.8 Å². The van der Waals surface area contributed by atoms with Crippen molar-refractivity contribution >= 4 is 5.82 Å². The van der Waals surface area contributed by atoms with E-state index in [1.54, 1.807) is 0 Å². The van der Waals surface area contributed by atoms with E-state index >= 15 is 0 Å². The third-order valence-electron chi connectivity index (χ3n) is 2.37. The molecule has 1 saturated carbocycles. The minimum atomic E-state index is 0.680. The third-order valence-corrected chi connectivity index (χ3v) is 2.37. The Morgan fingerprint density at radius 1 is 1.50 bits per heavy atom. The summed E-state index contributed by atoms with van der Waals surface area (Å²) in [6.07, 6.45) is 5.82. The summed E-state index contributed by atoms with van der Waals surface area (Å²) in [5.74, 6) is 1.03. The van der Waals surface area contributed by atoms with Crippen molar-refractivity contribution in [3.05, 3.63) is 23.9 Å². The fourth-order valence-electron chi connectivity index (χ4n) is 1.38. The molecule has 2 nitrogen and oxygen atoms in total. The molecule has 0 aromatic carbocycles. The Balaban J connectivity index is 2.02. The maximum atomic E-state index is 4.25. The highest BCUT2D eigenvalue weighted by molar-refractivity contribution is 5.38. The summed E-state index contributed by atoms with van der Waals surface area (Å²) < 4.78 is 0. The highest BCUT2D eigenvalue weighted by atomic mass is 15.0. The molecule has 2 heteroatoms. The van der Waals surface area contributed by atoms with Crippen molar-refractivity contribution in [2.24, 2.45) is 0 Å². The van der Waals surface area contributed by atoms with E-state index < -0.39 is 0 Å². The zero-order chi connectivity index (χ0) is 8.39. The number of rotatable bonds is 2. The number of hydrogen-bond donors (Lipinski definition) is 1. The largest absolute Gasteiger partial charge is 0.367 e. The van der Waals surface area contributed by atoms with Crippen molar-refractivity contribution in [2.75, 3.05) is 5.32 Å². The molecule has 0 bridgehead atoms. The van der Waals surface area contributed by atoms with Gasteiger partial charge in [-0.2, -0.15) is 0 Å². The average molecular weight is 162 g/mol. The lowest BCUT2D eigenvalue weighted by Crippen LogP contribution is -2.27. The smallest absolute Gasteiger partial charge is 0.126 e. The van der Waals surface area contributed by atoms with Crippen LogP contribution in [0.4, 0.5) is 5.82 Å². The molecule has 0 saturated heterocycles. The number of aryl methyl sites for hydroxylation is 1. The molecule has 0 aliphatic heterocycles. The van der Waals surface area contributed by atoms with Gasteiger partial charge in [-0.25, -0.2) is 4.98 Å². The van der Waals surface area contributed by atoms with E-state index in [0.717, 1.165) is 5.82 Å². The SMILES string of the molecule is Cc1ccnc(NC2CCC2)c1. The molecular formula is C10H14N2. The van der Waals surface area contributed by atoms with Crippen molar-refractivity contribution in [1.29, 1.82) is 0 Å². The summed E-state index contributed by atoms with van der Waals surface area (Å²) >= 11 is 0. The molecule has 1 fully saturated rings. The van der Waals surface area contributed by atoms with Gasteiger partial charge in [-0.15, -0.1) is 0 Å². The first-order valence-electron chi connectivity index (χ1n) is 4.54. The zero-order valence-electron chi connectivity index (χ0n) is 7.38. The van der Waals surface area contributed by atoms with Crippen LogP contribution in [0.1, 0.15) is 24.8 Å². The second-order valence-electron chi connectivity index (χ2n) is 3.49. The molecule has 64 valence electrons. The first-order chi connectivity index (χ1) is 5.84. The highest BCUT2D eigenvalue weighted by Gasteiger charge is 2.16. The number of nitrogens with zero attached hydrogens (tertiary/aromatic N) is 1. The molecular weight excluding hydrogens is 148 g/mol. The van der Waals surface area contributed by atoms with Crippen molar-refractivity contribution in [3.63, 3.8) is 0 Å². The molecule has 0 unspecified atom stereocenters. The van der Waals surface area contributed by atoms with Gasteiger partial charge in [0.1, 0.15) is 5.82 Å². The predicted octanol–water partition coefficient (Wildman–Crippen LogP) is 2.35. The maximum absolute atomic E-state index is 4.25. The van der Waals surface area contributed by atoms with E-state index in [2.05, 4.69) is 23.3 Å². The van der Waals surface area contributed by atoms with E-state index in [1.807, 2.05) is 12.3 Å². The molecule has 0 atom stereocenters. The molecule has 12 heavy (non-hydrogen) atoms. The van der Waals surface area contributed by atoms with Gasteiger partial charge in [0.2, 0.25) is 0 Å². The fraction of sp³-hybridized carbons (Fsp3) is 0.500. The van der Waals surface area contributed by atoms with E-state index in [4.69, 9.17) is 0 Å². The second kappa shape index (κ2) is 3.13. The van der Waals surface area contributed by atoms with Crippen LogP contribution in [0.15, 0.2) is 18.3 Å². The summed E-state index contributed by atoms with van der Waals surface area (Å²) in [4.78, 5) is 4.25. The average Bonchev–Trinajstić information content (AvgIpc) is 1.97. The van der Waals surface area contributed by atoms with Gasteiger partial charge >= 0.3 is 0 Å². The third kappa shape index (κ3) is 1.58. The Kier molecular flexibility index (Phi) is 1.98. The standard InChI is InChI=1S/C10H14N2/c1-8-5-6-11-10(7-8)12-9-3-2-4-9/h5-7,9H,2-4H2,1H3,(H,11,12). The Hall–Kier alpha value is -1.05. The van der Waals surface area contributed by atoms with Crippen LogP contribution in [0.3, 0.4) is 0 Å². The highest BCUT2D eigenvalue weighted by Crippen LogP contribution is 2.22. The van der Waals surface area contributed by atoms with Crippen molar-refractivity contribution in [3.8, 4) is 0 Å². The van der Waals surface area contributed by atoms with Gasteiger partial charge in [-0.3, -0.25) is 0 Å². The van der Waals surface area contributed by atoms with E-state index in [-0.39, 0.29) is 0 Å². The number of pyridine rings is 1.